The first kappa shape index (κ1) is 41.9. The van der Waals surface area contributed by atoms with E-state index in [1.54, 1.807) is 0 Å². The molecule has 2 N–H and O–H groups in total. The Bertz CT molecular complexity index is 2470. The van der Waals surface area contributed by atoms with Gasteiger partial charge in [0.2, 0.25) is 0 Å². The molecule has 0 heterocycles. The minimum Gasteiger partial charge on any atom is -0.286 e. The van der Waals surface area contributed by atoms with Crippen LogP contribution in [-0.4, -0.2) is 44.4 Å². The first-order valence-corrected chi connectivity index (χ1v) is 22.1. The van der Waals surface area contributed by atoms with Gasteiger partial charge >= 0.3 is 0 Å². The van der Waals surface area contributed by atoms with Crippen LogP contribution in [0.4, 0.5) is 0 Å². The van der Waals surface area contributed by atoms with E-state index in [9.17, 15) is 10.4 Å². The first-order valence-electron chi connectivity index (χ1n) is 22.1. The zero-order chi connectivity index (χ0) is 43.8. The van der Waals surface area contributed by atoms with Crippen molar-refractivity contribution in [2.75, 3.05) is 0 Å². The molecule has 8 aromatic rings. The highest BCUT2D eigenvalue weighted by atomic mass is 16.5. The maximum atomic E-state index is 15.2. The molecule has 0 saturated heterocycles. The van der Waals surface area contributed by atoms with Crippen LogP contribution in [0.25, 0.3) is 44.5 Å². The highest BCUT2D eigenvalue weighted by Crippen LogP contribution is 2.38. The second kappa shape index (κ2) is 19.3. The van der Waals surface area contributed by atoms with Crippen LogP contribution in [0.2, 0.25) is 0 Å². The molecule has 2 unspecified atom stereocenters. The van der Waals surface area contributed by atoms with Gasteiger partial charge in [-0.2, -0.15) is 0 Å². The van der Waals surface area contributed by atoms with E-state index in [4.69, 9.17) is 0 Å². The minimum atomic E-state index is -0.892. The van der Waals surface area contributed by atoms with Crippen LogP contribution >= 0.6 is 0 Å². The van der Waals surface area contributed by atoms with Crippen molar-refractivity contribution in [2.24, 2.45) is 0 Å². The molecule has 0 aliphatic heterocycles. The summed E-state index contributed by atoms with van der Waals surface area (Å²) in [6.45, 7) is 0. The van der Waals surface area contributed by atoms with E-state index in [0.29, 0.717) is 25.7 Å². The van der Waals surface area contributed by atoms with E-state index >= 15 is 9.59 Å². The lowest BCUT2D eigenvalue weighted by atomic mass is 9.84. The van der Waals surface area contributed by atoms with Crippen LogP contribution in [0.15, 0.2) is 218 Å². The van der Waals surface area contributed by atoms with Gasteiger partial charge in [-0.05, 0) is 79.6 Å². The summed E-state index contributed by atoms with van der Waals surface area (Å²) in [6, 6.07) is 69.9. The number of nitrogens with zero attached hydrogens (tertiary/aromatic N) is 2. The van der Waals surface area contributed by atoms with Gasteiger partial charge in [0.05, 0.1) is 23.9 Å². The minimum absolute atomic E-state index is 0.399. The van der Waals surface area contributed by atoms with Gasteiger partial charge in [0, 0.05) is 0 Å². The highest BCUT2D eigenvalue weighted by Gasteiger charge is 2.42. The summed E-state index contributed by atoms with van der Waals surface area (Å²) in [5.74, 6) is -2.85. The Balaban J connectivity index is 1.08. The van der Waals surface area contributed by atoms with Crippen LogP contribution in [0.1, 0.15) is 59.8 Å². The van der Waals surface area contributed by atoms with Crippen LogP contribution in [0, 0.1) is 0 Å². The van der Waals surface area contributed by atoms with Gasteiger partial charge in [0.15, 0.2) is 0 Å². The molecule has 1 aliphatic rings. The highest BCUT2D eigenvalue weighted by molar-refractivity contribution is 5.89. The van der Waals surface area contributed by atoms with E-state index in [-0.39, 0.29) is 0 Å². The molecule has 8 aromatic carbocycles. The van der Waals surface area contributed by atoms with Gasteiger partial charge in [-0.1, -0.05) is 231 Å². The smallest absolute Gasteiger partial charge is 0.258 e. The van der Waals surface area contributed by atoms with Gasteiger partial charge in [-0.3, -0.25) is 20.0 Å². The average Bonchev–Trinajstić information content (AvgIpc) is 3.37. The third kappa shape index (κ3) is 9.06. The number of hydroxylamine groups is 4. The summed E-state index contributed by atoms with van der Waals surface area (Å²) in [5.41, 5.74) is 10.7. The Morgan fingerprint density at radius 1 is 0.344 bits per heavy atom. The molecule has 64 heavy (non-hydrogen) atoms. The average molecular weight is 839 g/mol. The number of hydrogen-bond donors (Lipinski definition) is 2. The fourth-order valence-electron chi connectivity index (χ4n) is 9.32. The molecule has 0 spiro atoms. The molecule has 6 heteroatoms. The summed E-state index contributed by atoms with van der Waals surface area (Å²) >= 11 is 0. The van der Waals surface area contributed by atoms with E-state index in [2.05, 4.69) is 0 Å². The second-order valence-electron chi connectivity index (χ2n) is 16.6. The van der Waals surface area contributed by atoms with Crippen molar-refractivity contribution in [3.63, 3.8) is 0 Å². The summed E-state index contributed by atoms with van der Waals surface area (Å²) in [4.78, 5) is 30.4. The largest absolute Gasteiger partial charge is 0.286 e. The van der Waals surface area contributed by atoms with Crippen LogP contribution in [0.3, 0.4) is 0 Å². The fourth-order valence-corrected chi connectivity index (χ4v) is 9.32. The zero-order valence-electron chi connectivity index (χ0n) is 35.5. The normalized spacial score (nSPS) is 14.9. The molecule has 0 aromatic heterocycles. The number of hydrogen-bond acceptors (Lipinski definition) is 4. The molecule has 2 atom stereocenters. The standard InChI is InChI=1S/C58H50N2O4/c61-57(55(49-31-15-27-45(37-49)41-19-5-1-6-20-41)50-32-16-28-46(38-50)42-21-7-2-8-22-42)59(63)53-35-13-14-36-54(53)60(64)58(62)56(51-33-17-29-47(39-51)43-23-9-3-10-24-43)52-34-18-30-48(40-52)44-25-11-4-12-26-44/h1-12,15-34,37-40,53-56,63-64H,13-14,35-36H2. The van der Waals surface area contributed by atoms with Crippen molar-refractivity contribution < 1.29 is 20.0 Å². The van der Waals surface area contributed by atoms with Crippen LogP contribution in [-0.2, 0) is 9.59 Å². The maximum Gasteiger partial charge on any atom is 0.258 e. The number of rotatable bonds is 12. The molecular weight excluding hydrogens is 789 g/mol. The van der Waals surface area contributed by atoms with Crippen molar-refractivity contribution >= 4 is 11.8 Å². The maximum absolute atomic E-state index is 15.2. The summed E-state index contributed by atoms with van der Waals surface area (Å²) in [6.07, 6.45) is 2.23. The molecule has 0 radical (unpaired) electrons. The predicted molar refractivity (Wildman–Crippen MR) is 255 cm³/mol. The molecule has 1 saturated carbocycles. The number of benzene rings is 8. The second-order valence-corrected chi connectivity index (χ2v) is 16.6. The van der Waals surface area contributed by atoms with E-state index in [1.807, 2.05) is 218 Å². The van der Waals surface area contributed by atoms with Crippen molar-refractivity contribution in [3.8, 4) is 44.5 Å². The van der Waals surface area contributed by atoms with Gasteiger partial charge in [0.1, 0.15) is 0 Å². The number of amides is 2. The Morgan fingerprint density at radius 2 is 0.578 bits per heavy atom. The molecule has 2 amide bonds. The molecule has 6 nitrogen and oxygen atoms in total. The lowest BCUT2D eigenvalue weighted by Crippen LogP contribution is -2.56. The third-order valence-electron chi connectivity index (χ3n) is 12.6. The molecule has 316 valence electrons. The van der Waals surface area contributed by atoms with E-state index in [1.165, 1.54) is 0 Å². The topological polar surface area (TPSA) is 81.1 Å². The Hall–Kier alpha value is -7.38. The lowest BCUT2D eigenvalue weighted by molar-refractivity contribution is -0.213. The monoisotopic (exact) mass is 838 g/mol. The Kier molecular flexibility index (Phi) is 12.7. The quantitative estimate of drug-likeness (QED) is 0.0948. The summed E-state index contributed by atoms with van der Waals surface area (Å²) in [7, 11) is 0. The molecule has 0 bridgehead atoms. The predicted octanol–water partition coefficient (Wildman–Crippen LogP) is 13.1. The molecular formula is C58H50N2O4. The van der Waals surface area contributed by atoms with Crippen molar-refractivity contribution in [1.29, 1.82) is 0 Å². The van der Waals surface area contributed by atoms with Gasteiger partial charge < -0.3 is 0 Å². The summed E-state index contributed by atoms with van der Waals surface area (Å²) < 4.78 is 0. The van der Waals surface area contributed by atoms with Crippen LogP contribution in [0.5, 0.6) is 0 Å². The van der Waals surface area contributed by atoms with Gasteiger partial charge in [0.25, 0.3) is 11.8 Å². The summed E-state index contributed by atoms with van der Waals surface area (Å²) in [5, 5.41) is 26.3. The fraction of sp³-hybridized carbons (Fsp3) is 0.138. The molecule has 1 aliphatic carbocycles. The van der Waals surface area contributed by atoms with Crippen molar-refractivity contribution in [2.45, 2.75) is 49.6 Å². The van der Waals surface area contributed by atoms with E-state index in [0.717, 1.165) is 76.9 Å². The zero-order valence-corrected chi connectivity index (χ0v) is 35.5. The van der Waals surface area contributed by atoms with Crippen molar-refractivity contribution in [3.05, 3.63) is 241 Å². The Labute approximate surface area is 375 Å². The number of carbonyl (C=O) groups excluding carboxylic acids is 2. The van der Waals surface area contributed by atoms with Gasteiger partial charge in [-0.15, -0.1) is 0 Å². The lowest BCUT2D eigenvalue weighted by Gasteiger charge is -2.41. The van der Waals surface area contributed by atoms with Crippen LogP contribution < -0.4 is 0 Å². The molecule has 1 fully saturated rings. The Morgan fingerprint density at radius 3 is 0.828 bits per heavy atom. The number of carbonyl (C=O) groups is 2. The van der Waals surface area contributed by atoms with Crippen molar-refractivity contribution in [1.82, 2.24) is 10.1 Å². The first-order chi connectivity index (χ1) is 31.4. The molecule has 9 rings (SSSR count). The van der Waals surface area contributed by atoms with Gasteiger partial charge in [-0.25, -0.2) is 10.1 Å². The SMILES string of the molecule is O=C(C(c1cccc(-c2ccccc2)c1)c1cccc(-c2ccccc2)c1)N(O)C1CCCCC1N(O)C(=O)C(c1cccc(-c2ccccc2)c1)c1cccc(-c2ccccc2)c1. The third-order valence-corrected chi connectivity index (χ3v) is 12.6. The van der Waals surface area contributed by atoms with E-state index < -0.39 is 35.7 Å².